The third kappa shape index (κ3) is 5.35. The Kier molecular flexibility index (Phi) is 6.17. The second-order valence-corrected chi connectivity index (χ2v) is 6.22. The number of aliphatic carboxylic acids is 1. The van der Waals surface area contributed by atoms with Crippen LogP contribution >= 0.6 is 0 Å². The molecule has 132 valence electrons. The van der Waals surface area contributed by atoms with E-state index >= 15 is 0 Å². The molecule has 0 saturated carbocycles. The van der Waals surface area contributed by atoms with Gasteiger partial charge in [0.1, 0.15) is 5.75 Å². The molecule has 5 heteroatoms. The molecule has 0 bridgehead atoms. The zero-order chi connectivity index (χ0) is 18.4. The zero-order valence-electron chi connectivity index (χ0n) is 14.7. The van der Waals surface area contributed by atoms with Crippen LogP contribution in [0, 0.1) is 0 Å². The van der Waals surface area contributed by atoms with Crippen molar-refractivity contribution in [1.82, 2.24) is 5.32 Å². The van der Waals surface area contributed by atoms with Gasteiger partial charge in [-0.15, -0.1) is 0 Å². The highest BCUT2D eigenvalue weighted by Gasteiger charge is 2.12. The molecule has 1 unspecified atom stereocenters. The van der Waals surface area contributed by atoms with Crippen LogP contribution in [0.5, 0.6) is 5.75 Å². The number of amides is 1. The Balaban J connectivity index is 1.97. The van der Waals surface area contributed by atoms with Crippen molar-refractivity contribution in [3.63, 3.8) is 0 Å². The fraction of sp³-hybridized carbons (Fsp3) is 0.300. The number of hydrogen-bond donors (Lipinski definition) is 2. The molecule has 25 heavy (non-hydrogen) atoms. The first kappa shape index (κ1) is 18.5. The van der Waals surface area contributed by atoms with Gasteiger partial charge in [-0.2, -0.15) is 0 Å². The first-order chi connectivity index (χ1) is 11.9. The van der Waals surface area contributed by atoms with Crippen molar-refractivity contribution in [1.29, 1.82) is 0 Å². The molecule has 2 rings (SSSR count). The molecule has 1 amide bonds. The normalized spacial score (nSPS) is 11.8. The Morgan fingerprint density at radius 3 is 2.04 bits per heavy atom. The molecule has 0 aromatic heterocycles. The maximum atomic E-state index is 12.4. The molecule has 0 aliphatic carbocycles. The summed E-state index contributed by atoms with van der Waals surface area (Å²) >= 11 is 0. The highest BCUT2D eigenvalue weighted by atomic mass is 16.5. The van der Waals surface area contributed by atoms with Crippen molar-refractivity contribution >= 4 is 11.9 Å². The standard InChI is InChI=1S/C20H23NO4/c1-13(2)15-4-6-17(7-5-15)20(24)21-14(3)16-8-10-18(11-9-16)25-12-19(22)23/h4-11,13-14H,12H2,1-3H3,(H,21,24)(H,22,23). The highest BCUT2D eigenvalue weighted by molar-refractivity contribution is 5.94. The van der Waals surface area contributed by atoms with E-state index in [1.54, 1.807) is 12.1 Å². The van der Waals surface area contributed by atoms with E-state index in [1.165, 1.54) is 5.56 Å². The van der Waals surface area contributed by atoms with Crippen LogP contribution < -0.4 is 10.1 Å². The number of carbonyl (C=O) groups excluding carboxylic acids is 1. The molecule has 2 aromatic carbocycles. The SMILES string of the molecule is CC(C)c1ccc(C(=O)NC(C)c2ccc(OCC(=O)O)cc2)cc1. The molecular weight excluding hydrogens is 318 g/mol. The van der Waals surface area contributed by atoms with Crippen molar-refractivity contribution in [2.24, 2.45) is 0 Å². The third-order valence-corrected chi connectivity index (χ3v) is 3.93. The molecule has 0 saturated heterocycles. The smallest absolute Gasteiger partial charge is 0.341 e. The van der Waals surface area contributed by atoms with Crippen LogP contribution in [0.25, 0.3) is 0 Å². The lowest BCUT2D eigenvalue weighted by molar-refractivity contribution is -0.139. The third-order valence-electron chi connectivity index (χ3n) is 3.93. The van der Waals surface area contributed by atoms with Gasteiger partial charge in [0.2, 0.25) is 0 Å². The summed E-state index contributed by atoms with van der Waals surface area (Å²) in [7, 11) is 0. The topological polar surface area (TPSA) is 75.6 Å². The summed E-state index contributed by atoms with van der Waals surface area (Å²) < 4.78 is 5.10. The van der Waals surface area contributed by atoms with Gasteiger partial charge in [-0.05, 0) is 48.2 Å². The molecule has 0 aliphatic heterocycles. The number of carboxylic acid groups (broad SMARTS) is 1. The average molecular weight is 341 g/mol. The Hall–Kier alpha value is -2.82. The molecule has 2 aromatic rings. The molecule has 0 aliphatic rings. The number of rotatable bonds is 7. The van der Waals surface area contributed by atoms with Gasteiger partial charge >= 0.3 is 5.97 Å². The van der Waals surface area contributed by atoms with Crippen LogP contribution in [-0.4, -0.2) is 23.6 Å². The maximum Gasteiger partial charge on any atom is 0.341 e. The van der Waals surface area contributed by atoms with Gasteiger partial charge in [0.15, 0.2) is 6.61 Å². The summed E-state index contributed by atoms with van der Waals surface area (Å²) in [5.41, 5.74) is 2.73. The molecule has 0 fully saturated rings. The van der Waals surface area contributed by atoms with Crippen molar-refractivity contribution in [3.05, 3.63) is 65.2 Å². The molecule has 0 radical (unpaired) electrons. The lowest BCUT2D eigenvalue weighted by Crippen LogP contribution is -2.26. The van der Waals surface area contributed by atoms with Crippen molar-refractivity contribution in [3.8, 4) is 5.75 Å². The Morgan fingerprint density at radius 2 is 1.52 bits per heavy atom. The van der Waals surface area contributed by atoms with E-state index in [9.17, 15) is 9.59 Å². The molecule has 0 spiro atoms. The number of ether oxygens (including phenoxy) is 1. The van der Waals surface area contributed by atoms with Crippen molar-refractivity contribution in [2.75, 3.05) is 6.61 Å². The largest absolute Gasteiger partial charge is 0.482 e. The fourth-order valence-corrected chi connectivity index (χ4v) is 2.38. The van der Waals surface area contributed by atoms with Crippen LogP contribution in [0.3, 0.4) is 0 Å². The summed E-state index contributed by atoms with van der Waals surface area (Å²) in [6.45, 7) is 5.74. The van der Waals surface area contributed by atoms with Gasteiger partial charge in [0.05, 0.1) is 6.04 Å². The van der Waals surface area contributed by atoms with E-state index < -0.39 is 5.97 Å². The van der Waals surface area contributed by atoms with Crippen molar-refractivity contribution < 1.29 is 19.4 Å². The van der Waals surface area contributed by atoms with Gasteiger partial charge < -0.3 is 15.2 Å². The molecular formula is C20H23NO4. The lowest BCUT2D eigenvalue weighted by Gasteiger charge is -2.15. The molecule has 2 N–H and O–H groups in total. The zero-order valence-corrected chi connectivity index (χ0v) is 14.7. The lowest BCUT2D eigenvalue weighted by atomic mass is 10.0. The quantitative estimate of drug-likeness (QED) is 0.804. The second kappa shape index (κ2) is 8.33. The summed E-state index contributed by atoms with van der Waals surface area (Å²) in [5, 5.41) is 11.6. The van der Waals surface area contributed by atoms with Crippen LogP contribution in [-0.2, 0) is 4.79 Å². The fourth-order valence-electron chi connectivity index (χ4n) is 2.38. The predicted octanol–water partition coefficient (Wildman–Crippen LogP) is 3.76. The first-order valence-electron chi connectivity index (χ1n) is 8.22. The van der Waals surface area contributed by atoms with Crippen LogP contribution in [0.4, 0.5) is 0 Å². The van der Waals surface area contributed by atoms with Gasteiger partial charge in [-0.1, -0.05) is 38.1 Å². The molecule has 5 nitrogen and oxygen atoms in total. The number of carboxylic acids is 1. The van der Waals surface area contributed by atoms with E-state index in [0.29, 0.717) is 17.2 Å². The Bertz CT molecular complexity index is 720. The Labute approximate surface area is 147 Å². The second-order valence-electron chi connectivity index (χ2n) is 6.22. The van der Waals surface area contributed by atoms with Gasteiger partial charge in [-0.25, -0.2) is 4.79 Å². The monoisotopic (exact) mass is 341 g/mol. The van der Waals surface area contributed by atoms with E-state index in [2.05, 4.69) is 19.2 Å². The van der Waals surface area contributed by atoms with E-state index in [1.807, 2.05) is 43.3 Å². The number of carbonyl (C=O) groups is 2. The van der Waals surface area contributed by atoms with Crippen molar-refractivity contribution in [2.45, 2.75) is 32.7 Å². The average Bonchev–Trinajstić information content (AvgIpc) is 2.60. The minimum absolute atomic E-state index is 0.131. The van der Waals surface area contributed by atoms with Gasteiger partial charge in [0, 0.05) is 5.56 Å². The van der Waals surface area contributed by atoms with E-state index in [0.717, 1.165) is 5.56 Å². The molecule has 0 heterocycles. The van der Waals surface area contributed by atoms with Crippen LogP contribution in [0.1, 0.15) is 54.2 Å². The predicted molar refractivity (Wildman–Crippen MR) is 96.0 cm³/mol. The summed E-state index contributed by atoms with van der Waals surface area (Å²) in [6, 6.07) is 14.4. The number of benzene rings is 2. The minimum atomic E-state index is -1.02. The minimum Gasteiger partial charge on any atom is -0.482 e. The number of hydrogen-bond acceptors (Lipinski definition) is 3. The summed E-state index contributed by atoms with van der Waals surface area (Å²) in [4.78, 5) is 22.8. The number of nitrogens with one attached hydrogen (secondary N) is 1. The van der Waals surface area contributed by atoms with Gasteiger partial charge in [0.25, 0.3) is 5.91 Å². The highest BCUT2D eigenvalue weighted by Crippen LogP contribution is 2.19. The summed E-state index contributed by atoms with van der Waals surface area (Å²) in [6.07, 6.45) is 0. The Morgan fingerprint density at radius 1 is 0.960 bits per heavy atom. The van der Waals surface area contributed by atoms with Crippen LogP contribution in [0.2, 0.25) is 0 Å². The maximum absolute atomic E-state index is 12.4. The first-order valence-corrected chi connectivity index (χ1v) is 8.22. The van der Waals surface area contributed by atoms with Gasteiger partial charge in [-0.3, -0.25) is 4.79 Å². The van der Waals surface area contributed by atoms with Crippen LogP contribution in [0.15, 0.2) is 48.5 Å². The summed E-state index contributed by atoms with van der Waals surface area (Å²) in [5.74, 6) is -0.242. The van der Waals surface area contributed by atoms with E-state index in [4.69, 9.17) is 9.84 Å². The molecule has 1 atom stereocenters. The van der Waals surface area contributed by atoms with E-state index in [-0.39, 0.29) is 18.6 Å².